The van der Waals surface area contributed by atoms with Gasteiger partial charge in [0.15, 0.2) is 0 Å². The molecule has 1 aliphatic rings. The number of ether oxygens (including phenoxy) is 1. The molecule has 1 aliphatic carbocycles. The standard InChI is InChI=1S/C16H24BrNO/c1-15(2)10-16(11-15,12-18-8-9-19-3)13-6-4-5-7-14(13)17/h4-7,18H,8-12H2,1-3H3. The zero-order valence-corrected chi connectivity index (χ0v) is 13.7. The number of nitrogens with one attached hydrogen (secondary N) is 1. The van der Waals surface area contributed by atoms with Gasteiger partial charge in [0.25, 0.3) is 0 Å². The van der Waals surface area contributed by atoms with Crippen molar-refractivity contribution < 1.29 is 4.74 Å². The summed E-state index contributed by atoms with van der Waals surface area (Å²) in [6.45, 7) is 7.44. The van der Waals surface area contributed by atoms with Gasteiger partial charge in [-0.05, 0) is 29.9 Å². The lowest BCUT2D eigenvalue weighted by Gasteiger charge is -2.54. The van der Waals surface area contributed by atoms with E-state index in [9.17, 15) is 0 Å². The van der Waals surface area contributed by atoms with Gasteiger partial charge in [-0.25, -0.2) is 0 Å². The van der Waals surface area contributed by atoms with Crippen LogP contribution in [0.25, 0.3) is 0 Å². The van der Waals surface area contributed by atoms with Crippen molar-refractivity contribution in [1.29, 1.82) is 0 Å². The molecule has 1 N–H and O–H groups in total. The third-order valence-electron chi connectivity index (χ3n) is 4.03. The molecule has 0 aliphatic heterocycles. The average molecular weight is 326 g/mol. The van der Waals surface area contributed by atoms with Crippen molar-refractivity contribution in [3.63, 3.8) is 0 Å². The summed E-state index contributed by atoms with van der Waals surface area (Å²) in [5.74, 6) is 0. The highest BCUT2D eigenvalue weighted by molar-refractivity contribution is 9.10. The average Bonchev–Trinajstić information content (AvgIpc) is 2.32. The van der Waals surface area contributed by atoms with Gasteiger partial charge in [-0.3, -0.25) is 0 Å². The molecular formula is C16H24BrNO. The molecule has 0 aromatic heterocycles. The summed E-state index contributed by atoms with van der Waals surface area (Å²) in [7, 11) is 1.75. The van der Waals surface area contributed by atoms with Crippen LogP contribution in [0, 0.1) is 5.41 Å². The van der Waals surface area contributed by atoms with Gasteiger partial charge in [0.05, 0.1) is 6.61 Å². The second-order valence-electron chi connectivity index (χ2n) is 6.45. The monoisotopic (exact) mass is 325 g/mol. The fourth-order valence-electron chi connectivity index (χ4n) is 3.58. The van der Waals surface area contributed by atoms with Crippen molar-refractivity contribution in [1.82, 2.24) is 5.32 Å². The first-order valence-corrected chi connectivity index (χ1v) is 7.73. The molecule has 1 saturated carbocycles. The predicted octanol–water partition coefficient (Wildman–Crippen LogP) is 3.74. The number of halogens is 1. The maximum absolute atomic E-state index is 5.11. The zero-order chi connectivity index (χ0) is 13.9. The summed E-state index contributed by atoms with van der Waals surface area (Å²) in [4.78, 5) is 0. The Morgan fingerprint density at radius 2 is 1.95 bits per heavy atom. The first-order chi connectivity index (χ1) is 8.99. The molecule has 0 saturated heterocycles. The Hall–Kier alpha value is -0.380. The van der Waals surface area contributed by atoms with Crippen molar-refractivity contribution in [3.05, 3.63) is 34.3 Å². The molecule has 1 fully saturated rings. The minimum atomic E-state index is 0.275. The zero-order valence-electron chi connectivity index (χ0n) is 12.1. The van der Waals surface area contributed by atoms with E-state index in [4.69, 9.17) is 4.74 Å². The highest BCUT2D eigenvalue weighted by Crippen LogP contribution is 2.56. The number of hydrogen-bond donors (Lipinski definition) is 1. The van der Waals surface area contributed by atoms with Crippen LogP contribution in [0.4, 0.5) is 0 Å². The van der Waals surface area contributed by atoms with E-state index in [1.54, 1.807) is 7.11 Å². The van der Waals surface area contributed by atoms with Crippen LogP contribution in [0.1, 0.15) is 32.3 Å². The van der Waals surface area contributed by atoms with Gasteiger partial charge in [0, 0.05) is 30.1 Å². The lowest BCUT2D eigenvalue weighted by molar-refractivity contribution is 0.0543. The summed E-state index contributed by atoms with van der Waals surface area (Å²) in [5.41, 5.74) is 2.18. The molecule has 19 heavy (non-hydrogen) atoms. The van der Waals surface area contributed by atoms with Gasteiger partial charge in [0.2, 0.25) is 0 Å². The van der Waals surface area contributed by atoms with E-state index >= 15 is 0 Å². The maximum atomic E-state index is 5.11. The normalized spacial score (nSPS) is 20.0. The van der Waals surface area contributed by atoms with Crippen LogP contribution in [0.3, 0.4) is 0 Å². The Morgan fingerprint density at radius 3 is 2.53 bits per heavy atom. The quantitative estimate of drug-likeness (QED) is 0.804. The highest BCUT2D eigenvalue weighted by atomic mass is 79.9. The summed E-state index contributed by atoms with van der Waals surface area (Å²) in [6.07, 6.45) is 2.48. The second kappa shape index (κ2) is 5.94. The van der Waals surface area contributed by atoms with Gasteiger partial charge in [-0.2, -0.15) is 0 Å². The van der Waals surface area contributed by atoms with Gasteiger partial charge < -0.3 is 10.1 Å². The van der Waals surface area contributed by atoms with Crippen molar-refractivity contribution in [3.8, 4) is 0 Å². The molecule has 3 heteroatoms. The Kier molecular flexibility index (Phi) is 4.70. The Labute approximate surface area is 125 Å². The first-order valence-electron chi connectivity index (χ1n) is 6.94. The molecular weight excluding hydrogens is 302 g/mol. The topological polar surface area (TPSA) is 21.3 Å². The summed E-state index contributed by atoms with van der Waals surface area (Å²) < 4.78 is 6.34. The molecule has 0 radical (unpaired) electrons. The Bertz CT molecular complexity index is 423. The fourth-order valence-corrected chi connectivity index (χ4v) is 4.29. The van der Waals surface area contributed by atoms with Gasteiger partial charge in [-0.15, -0.1) is 0 Å². The van der Waals surface area contributed by atoms with Crippen LogP contribution in [0.5, 0.6) is 0 Å². The SMILES string of the molecule is COCCNCC1(c2ccccc2Br)CC(C)(C)C1. The molecule has 2 rings (SSSR count). The van der Waals surface area contributed by atoms with E-state index in [0.717, 1.165) is 19.7 Å². The van der Waals surface area contributed by atoms with E-state index < -0.39 is 0 Å². The van der Waals surface area contributed by atoms with Gasteiger partial charge in [-0.1, -0.05) is 48.0 Å². The molecule has 0 atom stereocenters. The molecule has 1 aromatic rings. The second-order valence-corrected chi connectivity index (χ2v) is 7.30. The van der Waals surface area contributed by atoms with Crippen LogP contribution < -0.4 is 5.32 Å². The number of rotatable bonds is 6. The minimum absolute atomic E-state index is 0.275. The van der Waals surface area contributed by atoms with Crippen LogP contribution in [-0.4, -0.2) is 26.8 Å². The third kappa shape index (κ3) is 3.39. The largest absolute Gasteiger partial charge is 0.383 e. The summed E-state index contributed by atoms with van der Waals surface area (Å²) >= 11 is 3.71. The number of hydrogen-bond acceptors (Lipinski definition) is 2. The number of benzene rings is 1. The highest BCUT2D eigenvalue weighted by Gasteiger charge is 2.50. The van der Waals surface area contributed by atoms with E-state index in [-0.39, 0.29) is 5.41 Å². The number of methoxy groups -OCH3 is 1. The lowest BCUT2D eigenvalue weighted by Crippen LogP contribution is -2.53. The van der Waals surface area contributed by atoms with Gasteiger partial charge in [0.1, 0.15) is 0 Å². The van der Waals surface area contributed by atoms with Crippen LogP contribution in [0.2, 0.25) is 0 Å². The van der Waals surface area contributed by atoms with E-state index in [0.29, 0.717) is 5.41 Å². The third-order valence-corrected chi connectivity index (χ3v) is 4.72. The molecule has 0 bridgehead atoms. The predicted molar refractivity (Wildman–Crippen MR) is 83.6 cm³/mol. The Balaban J connectivity index is 2.11. The van der Waals surface area contributed by atoms with E-state index in [1.165, 1.54) is 22.9 Å². The van der Waals surface area contributed by atoms with Crippen molar-refractivity contribution in [2.75, 3.05) is 26.8 Å². The van der Waals surface area contributed by atoms with Crippen molar-refractivity contribution >= 4 is 15.9 Å². The van der Waals surface area contributed by atoms with E-state index in [1.807, 2.05) is 0 Å². The molecule has 0 heterocycles. The smallest absolute Gasteiger partial charge is 0.0587 e. The molecule has 0 unspecified atom stereocenters. The lowest BCUT2D eigenvalue weighted by atomic mass is 9.52. The molecule has 0 spiro atoms. The molecule has 2 nitrogen and oxygen atoms in total. The van der Waals surface area contributed by atoms with Crippen molar-refractivity contribution in [2.24, 2.45) is 5.41 Å². The molecule has 0 amide bonds. The van der Waals surface area contributed by atoms with Crippen molar-refractivity contribution in [2.45, 2.75) is 32.1 Å². The summed E-state index contributed by atoms with van der Waals surface area (Å²) in [5, 5.41) is 3.55. The van der Waals surface area contributed by atoms with Crippen LogP contribution >= 0.6 is 15.9 Å². The fraction of sp³-hybridized carbons (Fsp3) is 0.625. The summed E-state index contributed by atoms with van der Waals surface area (Å²) in [6, 6.07) is 8.64. The molecule has 106 valence electrons. The van der Waals surface area contributed by atoms with E-state index in [2.05, 4.69) is 59.4 Å². The first kappa shape index (κ1) is 15.0. The van der Waals surface area contributed by atoms with Crippen LogP contribution in [-0.2, 0) is 10.2 Å². The van der Waals surface area contributed by atoms with Crippen LogP contribution in [0.15, 0.2) is 28.7 Å². The molecule has 1 aromatic carbocycles. The van der Waals surface area contributed by atoms with Gasteiger partial charge >= 0.3 is 0 Å². The minimum Gasteiger partial charge on any atom is -0.383 e. The Morgan fingerprint density at radius 1 is 1.26 bits per heavy atom. The maximum Gasteiger partial charge on any atom is 0.0587 e.